The van der Waals surface area contributed by atoms with Crippen molar-refractivity contribution in [2.75, 3.05) is 0 Å². The summed E-state index contributed by atoms with van der Waals surface area (Å²) in [4.78, 5) is 12.0. The van der Waals surface area contributed by atoms with Gasteiger partial charge in [0.2, 0.25) is 16.1 Å². The molecule has 0 aliphatic rings. The lowest BCUT2D eigenvalue weighted by atomic mass is 10.0. The highest BCUT2D eigenvalue weighted by Crippen LogP contribution is 2.13. The number of hydrogen-bond acceptors (Lipinski definition) is 3. The molecule has 0 fully saturated rings. The Balaban J connectivity index is 2.52. The Morgan fingerprint density at radius 3 is 1.95 bits per heavy atom. The second-order valence-electron chi connectivity index (χ2n) is 3.77. The van der Waals surface area contributed by atoms with Crippen molar-refractivity contribution >= 4 is 36.9 Å². The molecule has 0 saturated heterocycles. The van der Waals surface area contributed by atoms with Crippen molar-refractivity contribution in [2.45, 2.75) is 0 Å². The fraction of sp³-hybridized carbons (Fsp3) is 0. The van der Waals surface area contributed by atoms with Crippen molar-refractivity contribution in [3.05, 3.63) is 70.2 Å². The number of carbonyl (C=O) groups excluding carboxylic acids is 1. The van der Waals surface area contributed by atoms with E-state index in [0.29, 0.717) is 11.1 Å². The number of carbonyl (C=O) groups is 1. The number of halogens is 1. The first-order valence-electron chi connectivity index (χ1n) is 5.41. The molecule has 0 aromatic heterocycles. The molecule has 0 amide bonds. The van der Waals surface area contributed by atoms with E-state index in [1.165, 1.54) is 0 Å². The molecule has 0 saturated carbocycles. The summed E-state index contributed by atoms with van der Waals surface area (Å²) < 4.78 is 23.5. The molecular weight excluding hydrogens is 328 g/mol. The van der Waals surface area contributed by atoms with Crippen LogP contribution in [0.4, 0.5) is 0 Å². The van der Waals surface area contributed by atoms with E-state index in [1.807, 2.05) is 0 Å². The monoisotopic (exact) mass is 336 g/mol. The number of hydrogen-bond donors (Lipinski definition) is 0. The maximum absolute atomic E-state index is 12.3. The lowest BCUT2D eigenvalue weighted by molar-refractivity contribution is 0.106. The Morgan fingerprint density at radius 2 is 1.42 bits per heavy atom. The zero-order valence-electron chi connectivity index (χ0n) is 9.71. The molecule has 2 rings (SSSR count). The Bertz CT molecular complexity index is 724. The summed E-state index contributed by atoms with van der Waals surface area (Å²) in [5, 5.41) is 0. The minimum atomic E-state index is -2.58. The Kier molecular flexibility index (Phi) is 4.29. The number of rotatable bonds is 3. The molecule has 19 heavy (non-hydrogen) atoms. The van der Waals surface area contributed by atoms with Gasteiger partial charge >= 0.3 is 0 Å². The second-order valence-corrected chi connectivity index (χ2v) is 5.56. The van der Waals surface area contributed by atoms with E-state index in [1.54, 1.807) is 54.6 Å². The third-order valence-corrected chi connectivity index (χ3v) is 3.80. The molecule has 0 bridgehead atoms. The summed E-state index contributed by atoms with van der Waals surface area (Å²) in [5.74, 6) is -0.507. The third kappa shape index (κ3) is 3.19. The summed E-state index contributed by atoms with van der Waals surface area (Å²) in [6.07, 6.45) is 0. The molecule has 2 aromatic rings. The first-order chi connectivity index (χ1) is 9.09. The normalized spacial score (nSPS) is 9.95. The average Bonchev–Trinajstić information content (AvgIpc) is 2.40. The van der Waals surface area contributed by atoms with Crippen LogP contribution in [0.2, 0.25) is 0 Å². The molecule has 2 aromatic carbocycles. The highest BCUT2D eigenvalue weighted by atomic mass is 79.9. The first-order valence-corrected chi connectivity index (χ1v) is 7.28. The maximum atomic E-state index is 12.3. The molecule has 0 spiro atoms. The van der Waals surface area contributed by atoms with Gasteiger partial charge in [-0.15, -0.1) is 0 Å². The fourth-order valence-electron chi connectivity index (χ4n) is 1.62. The average molecular weight is 337 g/mol. The maximum Gasteiger partial charge on any atom is 0.226 e. The van der Waals surface area contributed by atoms with Crippen molar-refractivity contribution in [1.29, 1.82) is 0 Å². The highest BCUT2D eigenvalue weighted by Gasteiger charge is 2.17. The van der Waals surface area contributed by atoms with Crippen LogP contribution in [0.3, 0.4) is 0 Å². The largest absolute Gasteiger partial charge is 0.287 e. The van der Waals surface area contributed by atoms with Gasteiger partial charge in [-0.1, -0.05) is 46.3 Å². The van der Waals surface area contributed by atoms with Gasteiger partial charge in [0.25, 0.3) is 0 Å². The molecule has 3 nitrogen and oxygen atoms in total. The van der Waals surface area contributed by atoms with Crippen LogP contribution >= 0.6 is 15.9 Å². The predicted octanol–water partition coefficient (Wildman–Crippen LogP) is 2.73. The van der Waals surface area contributed by atoms with E-state index in [2.05, 4.69) is 15.9 Å². The molecule has 0 heterocycles. The zero-order valence-corrected chi connectivity index (χ0v) is 12.1. The molecule has 0 unspecified atom stereocenters. The molecule has 5 heteroatoms. The topological polar surface area (TPSA) is 51.2 Å². The van der Waals surface area contributed by atoms with Crippen molar-refractivity contribution in [3.8, 4) is 0 Å². The molecule has 0 aliphatic heterocycles. The molecule has 0 atom stereocenters. The minimum Gasteiger partial charge on any atom is -0.287 e. The summed E-state index contributed by atoms with van der Waals surface area (Å²) in [5.41, 5.74) is 0.731. The van der Waals surface area contributed by atoms with Gasteiger partial charge in [-0.25, -0.2) is 0 Å². The molecular formula is C14H9BrO3S. The van der Waals surface area contributed by atoms with E-state index >= 15 is 0 Å². The van der Waals surface area contributed by atoms with Crippen LogP contribution in [-0.2, 0) is 10.3 Å². The van der Waals surface area contributed by atoms with Crippen molar-refractivity contribution in [1.82, 2.24) is 0 Å². The van der Waals surface area contributed by atoms with Gasteiger partial charge in [-0.2, -0.15) is 8.42 Å². The van der Waals surface area contributed by atoms with Crippen LogP contribution in [0.25, 0.3) is 0 Å². The first kappa shape index (κ1) is 13.7. The lowest BCUT2D eigenvalue weighted by Gasteiger charge is -2.02. The van der Waals surface area contributed by atoms with Crippen LogP contribution in [-0.4, -0.2) is 19.1 Å². The third-order valence-electron chi connectivity index (χ3n) is 2.52. The highest BCUT2D eigenvalue weighted by molar-refractivity contribution is 9.10. The number of ketones is 1. The zero-order chi connectivity index (χ0) is 13.8. The summed E-state index contributed by atoms with van der Waals surface area (Å²) in [6.45, 7) is 0. The van der Waals surface area contributed by atoms with Gasteiger partial charge in [0, 0.05) is 15.6 Å². The Hall–Kier alpha value is -1.72. The molecule has 0 radical (unpaired) electrons. The van der Waals surface area contributed by atoms with Crippen LogP contribution in [0.5, 0.6) is 0 Å². The van der Waals surface area contributed by atoms with Gasteiger partial charge in [-0.3, -0.25) is 4.79 Å². The van der Waals surface area contributed by atoms with Crippen molar-refractivity contribution in [2.24, 2.45) is 0 Å². The SMILES string of the molecule is O=C(C(c1ccccc1)=S(=O)=O)c1ccc(Br)cc1. The Labute approximate surface area is 120 Å². The van der Waals surface area contributed by atoms with Gasteiger partial charge in [0.1, 0.15) is 4.86 Å². The van der Waals surface area contributed by atoms with Crippen molar-refractivity contribution in [3.63, 3.8) is 0 Å². The molecule has 0 aliphatic carbocycles. The minimum absolute atomic E-state index is 0.220. The van der Waals surface area contributed by atoms with Crippen LogP contribution in [0.15, 0.2) is 59.1 Å². The van der Waals surface area contributed by atoms with E-state index in [-0.39, 0.29) is 4.86 Å². The van der Waals surface area contributed by atoms with Gasteiger partial charge in [0.15, 0.2) is 0 Å². The standard InChI is InChI=1S/C14H9BrO3S/c15-12-8-6-10(7-9-12)13(16)14(19(17)18)11-4-2-1-3-5-11/h1-9H. The number of Topliss-reactive ketones (excluding diaryl/α,β-unsaturated/α-hetero) is 1. The van der Waals surface area contributed by atoms with E-state index in [4.69, 9.17) is 0 Å². The van der Waals surface area contributed by atoms with E-state index < -0.39 is 16.1 Å². The summed E-state index contributed by atoms with van der Waals surface area (Å²) >= 11 is 3.27. The lowest BCUT2D eigenvalue weighted by Crippen LogP contribution is -2.16. The second kappa shape index (κ2) is 5.95. The summed E-state index contributed by atoms with van der Waals surface area (Å²) in [7, 11) is -2.58. The number of benzene rings is 2. The molecule has 0 N–H and O–H groups in total. The van der Waals surface area contributed by atoms with E-state index in [9.17, 15) is 13.2 Å². The van der Waals surface area contributed by atoms with E-state index in [0.717, 1.165) is 4.47 Å². The quantitative estimate of drug-likeness (QED) is 0.639. The van der Waals surface area contributed by atoms with Crippen LogP contribution in [0.1, 0.15) is 15.9 Å². The Morgan fingerprint density at radius 1 is 0.842 bits per heavy atom. The molecule has 96 valence electrons. The van der Waals surface area contributed by atoms with Crippen LogP contribution in [0, 0.1) is 0 Å². The summed E-state index contributed by atoms with van der Waals surface area (Å²) in [6, 6.07) is 14.9. The van der Waals surface area contributed by atoms with Crippen molar-refractivity contribution < 1.29 is 13.2 Å². The fourth-order valence-corrected chi connectivity index (χ4v) is 2.49. The smallest absolute Gasteiger partial charge is 0.226 e. The van der Waals surface area contributed by atoms with Gasteiger partial charge in [0.05, 0.1) is 0 Å². The van der Waals surface area contributed by atoms with Crippen LogP contribution < -0.4 is 0 Å². The van der Waals surface area contributed by atoms with Gasteiger partial charge < -0.3 is 0 Å². The predicted molar refractivity (Wildman–Crippen MR) is 77.9 cm³/mol. The van der Waals surface area contributed by atoms with Gasteiger partial charge in [-0.05, 0) is 24.3 Å².